The molecule has 1 saturated heterocycles. The van der Waals surface area contributed by atoms with Gasteiger partial charge in [0, 0.05) is 19.8 Å². The van der Waals surface area contributed by atoms with Crippen molar-refractivity contribution in [1.29, 1.82) is 0 Å². The van der Waals surface area contributed by atoms with Gasteiger partial charge in [-0.05, 0) is 48.1 Å². The molecule has 2 aromatic carbocycles. The summed E-state index contributed by atoms with van der Waals surface area (Å²) in [5.41, 5.74) is 1.74. The predicted octanol–water partition coefficient (Wildman–Crippen LogP) is 4.27. The molecule has 2 aromatic rings. The Kier molecular flexibility index (Phi) is 6.01. The molecule has 142 valence electrons. The topological polar surface area (TPSA) is 38.3 Å². The van der Waals surface area contributed by atoms with Crippen LogP contribution in [0.2, 0.25) is 0 Å². The van der Waals surface area contributed by atoms with E-state index < -0.39 is 17.0 Å². The Labute approximate surface area is 158 Å². The van der Waals surface area contributed by atoms with E-state index in [0.717, 1.165) is 17.2 Å². The Balaban J connectivity index is 1.96. The molecule has 1 aliphatic rings. The van der Waals surface area contributed by atoms with Gasteiger partial charge >= 0.3 is 0 Å². The van der Waals surface area contributed by atoms with E-state index in [0.29, 0.717) is 44.6 Å². The molecule has 3 nitrogen and oxygen atoms in total. The molecule has 1 amide bonds. The molecule has 0 bridgehead atoms. The fraction of sp³-hybridized carbons (Fsp3) is 0.318. The molecule has 1 fully saturated rings. The van der Waals surface area contributed by atoms with Gasteiger partial charge in [0.1, 0.15) is 0 Å². The third-order valence-electron chi connectivity index (χ3n) is 5.12. The van der Waals surface area contributed by atoms with Gasteiger partial charge < -0.3 is 10.1 Å². The second kappa shape index (κ2) is 8.44. The highest BCUT2D eigenvalue weighted by atomic mass is 19.2. The van der Waals surface area contributed by atoms with Gasteiger partial charge in [0.2, 0.25) is 5.91 Å². The number of benzene rings is 2. The summed E-state index contributed by atoms with van der Waals surface area (Å²) in [5, 5.41) is 2.92. The Bertz CT molecular complexity index is 829. The van der Waals surface area contributed by atoms with Crippen molar-refractivity contribution in [3.63, 3.8) is 0 Å². The second-order valence-corrected chi connectivity index (χ2v) is 6.85. The smallest absolute Gasteiger partial charge is 0.226 e. The van der Waals surface area contributed by atoms with E-state index in [1.165, 1.54) is 6.07 Å². The number of hydrogen-bond acceptors (Lipinski definition) is 2. The minimum absolute atomic E-state index is 0.0224. The zero-order valence-corrected chi connectivity index (χ0v) is 15.1. The summed E-state index contributed by atoms with van der Waals surface area (Å²) in [6.07, 6.45) is 3.39. The van der Waals surface area contributed by atoms with Crippen LogP contribution in [0.1, 0.15) is 18.4 Å². The molecule has 0 unspecified atom stereocenters. The minimum Gasteiger partial charge on any atom is -0.381 e. The van der Waals surface area contributed by atoms with Gasteiger partial charge in [0.25, 0.3) is 0 Å². The molecule has 1 aliphatic heterocycles. The highest BCUT2D eigenvalue weighted by molar-refractivity contribution is 5.83. The van der Waals surface area contributed by atoms with Crippen LogP contribution in [0.4, 0.5) is 8.78 Å². The molecule has 5 heteroatoms. The van der Waals surface area contributed by atoms with Gasteiger partial charge in [0.05, 0.1) is 5.41 Å². The maximum absolute atomic E-state index is 13.7. The summed E-state index contributed by atoms with van der Waals surface area (Å²) in [7, 11) is 0. The van der Waals surface area contributed by atoms with Crippen LogP contribution in [0.5, 0.6) is 0 Å². The first-order valence-corrected chi connectivity index (χ1v) is 9.06. The van der Waals surface area contributed by atoms with Crippen molar-refractivity contribution < 1.29 is 18.3 Å². The third-order valence-corrected chi connectivity index (χ3v) is 5.12. The lowest BCUT2D eigenvalue weighted by Crippen LogP contribution is -2.46. The Hall–Kier alpha value is -2.53. The fourth-order valence-corrected chi connectivity index (χ4v) is 3.58. The molecular formula is C22H23F2NO2. The van der Waals surface area contributed by atoms with E-state index in [2.05, 4.69) is 11.9 Å². The molecule has 0 radical (unpaired) electrons. The van der Waals surface area contributed by atoms with E-state index in [4.69, 9.17) is 4.74 Å². The number of ether oxygens (including phenoxy) is 1. The lowest BCUT2D eigenvalue weighted by Gasteiger charge is -2.36. The largest absolute Gasteiger partial charge is 0.381 e. The maximum atomic E-state index is 13.7. The maximum Gasteiger partial charge on any atom is 0.226 e. The van der Waals surface area contributed by atoms with Crippen LogP contribution in [-0.4, -0.2) is 25.7 Å². The van der Waals surface area contributed by atoms with Gasteiger partial charge in [0.15, 0.2) is 11.6 Å². The van der Waals surface area contributed by atoms with E-state index >= 15 is 0 Å². The van der Waals surface area contributed by atoms with Crippen molar-refractivity contribution in [2.45, 2.75) is 19.3 Å². The number of carbonyl (C=O) groups excluding carboxylic acids is 1. The van der Waals surface area contributed by atoms with E-state index in [-0.39, 0.29) is 5.91 Å². The van der Waals surface area contributed by atoms with Crippen molar-refractivity contribution in [2.24, 2.45) is 5.41 Å². The van der Waals surface area contributed by atoms with Crippen LogP contribution in [-0.2, 0) is 16.0 Å². The molecule has 3 rings (SSSR count). The monoisotopic (exact) mass is 371 g/mol. The SMILES string of the molecule is C=CCNC(=O)C1(Cc2ccccc2-c2ccc(F)c(F)c2)CCOCC1. The lowest BCUT2D eigenvalue weighted by atomic mass is 9.73. The molecule has 0 spiro atoms. The normalized spacial score (nSPS) is 15.9. The average molecular weight is 371 g/mol. The number of amides is 1. The number of halogens is 2. The summed E-state index contributed by atoms with van der Waals surface area (Å²) in [6.45, 7) is 5.10. The average Bonchev–Trinajstić information content (AvgIpc) is 2.69. The first-order valence-electron chi connectivity index (χ1n) is 9.06. The first-order chi connectivity index (χ1) is 13.1. The van der Waals surface area contributed by atoms with Gasteiger partial charge in [-0.2, -0.15) is 0 Å². The van der Waals surface area contributed by atoms with Crippen LogP contribution in [0.25, 0.3) is 11.1 Å². The van der Waals surface area contributed by atoms with Gasteiger partial charge in [-0.3, -0.25) is 4.79 Å². The Morgan fingerprint density at radius 3 is 2.59 bits per heavy atom. The zero-order chi connectivity index (χ0) is 19.3. The van der Waals surface area contributed by atoms with Crippen LogP contribution < -0.4 is 5.32 Å². The van der Waals surface area contributed by atoms with Gasteiger partial charge in [-0.15, -0.1) is 6.58 Å². The molecule has 0 saturated carbocycles. The molecule has 0 aromatic heterocycles. The summed E-state index contributed by atoms with van der Waals surface area (Å²) >= 11 is 0. The Morgan fingerprint density at radius 2 is 1.89 bits per heavy atom. The lowest BCUT2D eigenvalue weighted by molar-refractivity contribution is -0.136. The summed E-state index contributed by atoms with van der Waals surface area (Å²) in [4.78, 5) is 12.9. The number of rotatable bonds is 6. The number of nitrogens with one attached hydrogen (secondary N) is 1. The highest BCUT2D eigenvalue weighted by Crippen LogP contribution is 2.37. The molecule has 1 N–H and O–H groups in total. The second-order valence-electron chi connectivity index (χ2n) is 6.85. The van der Waals surface area contributed by atoms with E-state index in [9.17, 15) is 13.6 Å². The van der Waals surface area contributed by atoms with Crippen LogP contribution in [0.3, 0.4) is 0 Å². The molecular weight excluding hydrogens is 348 g/mol. The standard InChI is InChI=1S/C22H23F2NO2/c1-2-11-25-21(26)22(9-12-27-13-10-22)15-17-5-3-4-6-18(17)16-7-8-19(23)20(24)14-16/h2-8,14H,1,9-13,15H2,(H,25,26). The number of carbonyl (C=O) groups is 1. The van der Waals surface area contributed by atoms with Crippen molar-refractivity contribution in [2.75, 3.05) is 19.8 Å². The van der Waals surface area contributed by atoms with Crippen LogP contribution in [0.15, 0.2) is 55.1 Å². The molecule has 0 atom stereocenters. The molecule has 0 aliphatic carbocycles. The molecule has 1 heterocycles. The summed E-state index contributed by atoms with van der Waals surface area (Å²) in [6, 6.07) is 11.4. The Morgan fingerprint density at radius 1 is 1.15 bits per heavy atom. The number of hydrogen-bond donors (Lipinski definition) is 1. The van der Waals surface area contributed by atoms with Crippen molar-refractivity contribution >= 4 is 5.91 Å². The van der Waals surface area contributed by atoms with Gasteiger partial charge in [-0.25, -0.2) is 8.78 Å². The van der Waals surface area contributed by atoms with Crippen LogP contribution >= 0.6 is 0 Å². The molecule has 27 heavy (non-hydrogen) atoms. The predicted molar refractivity (Wildman–Crippen MR) is 101 cm³/mol. The first kappa shape index (κ1) is 19.2. The van der Waals surface area contributed by atoms with Gasteiger partial charge in [-0.1, -0.05) is 36.4 Å². The van der Waals surface area contributed by atoms with E-state index in [1.807, 2.05) is 24.3 Å². The van der Waals surface area contributed by atoms with Crippen molar-refractivity contribution in [3.8, 4) is 11.1 Å². The summed E-state index contributed by atoms with van der Waals surface area (Å²) in [5.74, 6) is -1.78. The van der Waals surface area contributed by atoms with E-state index in [1.54, 1.807) is 12.1 Å². The summed E-state index contributed by atoms with van der Waals surface area (Å²) < 4.78 is 32.5. The fourth-order valence-electron chi connectivity index (χ4n) is 3.58. The highest BCUT2D eigenvalue weighted by Gasteiger charge is 2.40. The van der Waals surface area contributed by atoms with Crippen molar-refractivity contribution in [1.82, 2.24) is 5.32 Å². The third kappa shape index (κ3) is 4.25. The zero-order valence-electron chi connectivity index (χ0n) is 15.1. The van der Waals surface area contributed by atoms with Crippen LogP contribution in [0, 0.1) is 17.0 Å². The minimum atomic E-state index is -0.883. The van der Waals surface area contributed by atoms with Crippen molar-refractivity contribution in [3.05, 3.63) is 72.3 Å². The quantitative estimate of drug-likeness (QED) is 0.770.